The van der Waals surface area contributed by atoms with Crippen LogP contribution in [0.3, 0.4) is 0 Å². The number of aliphatic hydroxyl groups excluding tert-OH is 1. The number of rotatable bonds is 3. The van der Waals surface area contributed by atoms with Crippen LogP contribution in [0.2, 0.25) is 0 Å². The highest BCUT2D eigenvalue weighted by atomic mass is 19.1. The molecule has 1 saturated heterocycles. The van der Waals surface area contributed by atoms with Gasteiger partial charge in [-0.25, -0.2) is 4.39 Å². The van der Waals surface area contributed by atoms with Gasteiger partial charge in [0.15, 0.2) is 0 Å². The number of halogens is 1. The summed E-state index contributed by atoms with van der Waals surface area (Å²) < 4.78 is 19.3. The topological polar surface area (TPSA) is 41.5 Å². The van der Waals surface area contributed by atoms with E-state index in [1.807, 2.05) is 6.07 Å². The molecule has 0 spiro atoms. The highest BCUT2D eigenvalue weighted by molar-refractivity contribution is 5.49. The highest BCUT2D eigenvalue weighted by Crippen LogP contribution is 2.55. The van der Waals surface area contributed by atoms with E-state index in [2.05, 4.69) is 17.4 Å². The van der Waals surface area contributed by atoms with Crippen molar-refractivity contribution in [1.82, 2.24) is 5.32 Å². The molecule has 0 radical (unpaired) electrons. The van der Waals surface area contributed by atoms with Crippen LogP contribution in [0.25, 0.3) is 0 Å². The summed E-state index contributed by atoms with van der Waals surface area (Å²) in [6, 6.07) is 13.4. The minimum atomic E-state index is -0.226. The van der Waals surface area contributed by atoms with Gasteiger partial charge in [0.1, 0.15) is 18.2 Å². The Hall–Kier alpha value is -1.91. The van der Waals surface area contributed by atoms with Gasteiger partial charge in [0.25, 0.3) is 0 Å². The summed E-state index contributed by atoms with van der Waals surface area (Å²) in [6.07, 6.45) is 4.75. The van der Waals surface area contributed by atoms with Crippen LogP contribution >= 0.6 is 0 Å². The average molecular weight is 367 g/mol. The Morgan fingerprint density at radius 1 is 1.15 bits per heavy atom. The van der Waals surface area contributed by atoms with Crippen molar-refractivity contribution in [2.45, 2.75) is 56.3 Å². The average Bonchev–Trinajstić information content (AvgIpc) is 2.67. The van der Waals surface area contributed by atoms with Crippen molar-refractivity contribution < 1.29 is 14.2 Å². The summed E-state index contributed by atoms with van der Waals surface area (Å²) in [5.41, 5.74) is 3.73. The van der Waals surface area contributed by atoms with Gasteiger partial charge in [-0.05, 0) is 79.5 Å². The fourth-order valence-electron chi connectivity index (χ4n) is 5.82. The van der Waals surface area contributed by atoms with E-state index in [0.29, 0.717) is 18.6 Å². The number of aliphatic hydroxyl groups is 1. The molecule has 142 valence electrons. The van der Waals surface area contributed by atoms with Crippen LogP contribution in [0.1, 0.15) is 42.4 Å². The van der Waals surface area contributed by atoms with Gasteiger partial charge in [0.2, 0.25) is 0 Å². The summed E-state index contributed by atoms with van der Waals surface area (Å²) in [4.78, 5) is 0. The van der Waals surface area contributed by atoms with Gasteiger partial charge in [-0.2, -0.15) is 0 Å². The van der Waals surface area contributed by atoms with Crippen LogP contribution in [-0.4, -0.2) is 23.8 Å². The van der Waals surface area contributed by atoms with Crippen LogP contribution in [0.4, 0.5) is 4.39 Å². The molecule has 1 saturated carbocycles. The van der Waals surface area contributed by atoms with Crippen molar-refractivity contribution in [3.8, 4) is 5.75 Å². The first-order valence-corrected chi connectivity index (χ1v) is 10.1. The van der Waals surface area contributed by atoms with Crippen LogP contribution in [0.5, 0.6) is 5.75 Å². The maximum atomic E-state index is 13.1. The molecule has 4 heteroatoms. The predicted molar refractivity (Wildman–Crippen MR) is 102 cm³/mol. The van der Waals surface area contributed by atoms with Crippen molar-refractivity contribution in [3.63, 3.8) is 0 Å². The monoisotopic (exact) mass is 367 g/mol. The van der Waals surface area contributed by atoms with Crippen LogP contribution in [-0.2, 0) is 18.4 Å². The van der Waals surface area contributed by atoms with E-state index in [4.69, 9.17) is 4.74 Å². The summed E-state index contributed by atoms with van der Waals surface area (Å²) in [5, 5.41) is 14.2. The van der Waals surface area contributed by atoms with Crippen molar-refractivity contribution in [3.05, 3.63) is 65.0 Å². The molecule has 0 aromatic heterocycles. The molecule has 1 unspecified atom stereocenters. The van der Waals surface area contributed by atoms with Crippen molar-refractivity contribution in [2.24, 2.45) is 5.92 Å². The van der Waals surface area contributed by atoms with Gasteiger partial charge < -0.3 is 15.2 Å². The summed E-state index contributed by atoms with van der Waals surface area (Å²) >= 11 is 0. The van der Waals surface area contributed by atoms with Gasteiger partial charge in [-0.3, -0.25) is 0 Å². The van der Waals surface area contributed by atoms with E-state index in [0.717, 1.165) is 50.0 Å². The van der Waals surface area contributed by atoms with Crippen LogP contribution in [0, 0.1) is 11.7 Å². The number of fused-ring (bicyclic) bond motifs is 1. The summed E-state index contributed by atoms with van der Waals surface area (Å²) in [6.45, 7) is 1.46. The number of nitrogens with one attached hydrogen (secondary N) is 1. The smallest absolute Gasteiger partial charge is 0.123 e. The first-order valence-electron chi connectivity index (χ1n) is 10.1. The molecule has 2 aromatic carbocycles. The molecule has 0 amide bonds. The molecular weight excluding hydrogens is 341 g/mol. The second-order valence-corrected chi connectivity index (χ2v) is 8.41. The van der Waals surface area contributed by atoms with Gasteiger partial charge in [0.05, 0.1) is 6.10 Å². The number of hydrogen-bond donors (Lipinski definition) is 2. The second-order valence-electron chi connectivity index (χ2n) is 8.41. The Morgan fingerprint density at radius 2 is 2.00 bits per heavy atom. The Morgan fingerprint density at radius 3 is 2.85 bits per heavy atom. The molecule has 3 nitrogen and oxygen atoms in total. The lowest BCUT2D eigenvalue weighted by Gasteiger charge is -2.56. The van der Waals surface area contributed by atoms with E-state index in [-0.39, 0.29) is 17.3 Å². The number of piperidine rings is 1. The standard InChI is InChI=1S/C23H26FNO2/c24-16-6-4-15(5-7-16)14-27-22-3-1-2-19-18(22)12-21-20-9-8-17(26)13-23(19,20)10-11-25-21/h1-7,17,20-21,25-26H,8-14H2/t17?,20-,21+,23+/m0/s1. The van der Waals surface area contributed by atoms with Crippen molar-refractivity contribution in [1.29, 1.82) is 0 Å². The van der Waals surface area contributed by atoms with Gasteiger partial charge in [0, 0.05) is 11.5 Å². The SMILES string of the molecule is OC1CC[C@H]2[C@H]3Cc4c(OCc5ccc(F)cc5)cccc4[C@@]2(CCN3)C1. The van der Waals surface area contributed by atoms with Crippen molar-refractivity contribution in [2.75, 3.05) is 6.54 Å². The maximum Gasteiger partial charge on any atom is 0.123 e. The molecule has 2 bridgehead atoms. The normalized spacial score (nSPS) is 31.7. The highest BCUT2D eigenvalue weighted by Gasteiger charge is 2.53. The van der Waals surface area contributed by atoms with Gasteiger partial charge in [-0.15, -0.1) is 0 Å². The molecule has 2 fully saturated rings. The van der Waals surface area contributed by atoms with Crippen molar-refractivity contribution >= 4 is 0 Å². The van der Waals surface area contributed by atoms with E-state index >= 15 is 0 Å². The lowest BCUT2D eigenvalue weighted by Crippen LogP contribution is -2.61. The predicted octanol–water partition coefficient (Wildman–Crippen LogP) is 3.72. The molecule has 3 aliphatic rings. The Balaban J connectivity index is 1.48. The molecule has 5 rings (SSSR count). The van der Waals surface area contributed by atoms with Crippen LogP contribution in [0.15, 0.2) is 42.5 Å². The summed E-state index contributed by atoms with van der Waals surface area (Å²) in [7, 11) is 0. The quantitative estimate of drug-likeness (QED) is 0.869. The second kappa shape index (κ2) is 6.61. The van der Waals surface area contributed by atoms with E-state index in [1.54, 1.807) is 12.1 Å². The maximum absolute atomic E-state index is 13.1. The zero-order chi connectivity index (χ0) is 18.4. The molecule has 27 heavy (non-hydrogen) atoms. The molecule has 2 N–H and O–H groups in total. The minimum absolute atomic E-state index is 0.0798. The molecule has 1 heterocycles. The van der Waals surface area contributed by atoms with Crippen LogP contribution < -0.4 is 10.1 Å². The third-order valence-electron chi connectivity index (χ3n) is 6.98. The fraction of sp³-hybridized carbons (Fsp3) is 0.478. The molecule has 2 aliphatic carbocycles. The third kappa shape index (κ3) is 2.86. The fourth-order valence-corrected chi connectivity index (χ4v) is 5.82. The van der Waals surface area contributed by atoms with E-state index < -0.39 is 0 Å². The third-order valence-corrected chi connectivity index (χ3v) is 6.98. The first-order chi connectivity index (χ1) is 13.2. The molecular formula is C23H26FNO2. The Labute approximate surface area is 159 Å². The zero-order valence-corrected chi connectivity index (χ0v) is 15.5. The Kier molecular flexibility index (Phi) is 4.21. The zero-order valence-electron chi connectivity index (χ0n) is 15.5. The largest absolute Gasteiger partial charge is 0.489 e. The van der Waals surface area contributed by atoms with Gasteiger partial charge in [-0.1, -0.05) is 24.3 Å². The number of ether oxygens (including phenoxy) is 1. The number of benzene rings is 2. The van der Waals surface area contributed by atoms with E-state index in [9.17, 15) is 9.50 Å². The summed E-state index contributed by atoms with van der Waals surface area (Å²) in [5.74, 6) is 1.31. The van der Waals surface area contributed by atoms with Gasteiger partial charge >= 0.3 is 0 Å². The molecule has 2 aromatic rings. The minimum Gasteiger partial charge on any atom is -0.489 e. The Bertz CT molecular complexity index is 837. The number of hydrogen-bond acceptors (Lipinski definition) is 3. The first kappa shape index (κ1) is 17.2. The molecule has 4 atom stereocenters. The lowest BCUT2D eigenvalue weighted by molar-refractivity contribution is 0.00330. The van der Waals surface area contributed by atoms with E-state index in [1.165, 1.54) is 23.3 Å². The molecule has 1 aliphatic heterocycles. The lowest BCUT2D eigenvalue weighted by atomic mass is 9.52.